The third-order valence-electron chi connectivity index (χ3n) is 2.21. The summed E-state index contributed by atoms with van der Waals surface area (Å²) in [5.41, 5.74) is 1.05. The Balaban J connectivity index is 0.000000741. The lowest BCUT2D eigenvalue weighted by molar-refractivity contribution is 0.0962. The molecule has 2 rings (SSSR count). The molecule has 1 aliphatic heterocycles. The second-order valence-corrected chi connectivity index (χ2v) is 5.78. The van der Waals surface area contributed by atoms with Crippen molar-refractivity contribution in [2.24, 2.45) is 0 Å². The molecule has 0 fully saturated rings. The van der Waals surface area contributed by atoms with Crippen LogP contribution in [0.3, 0.4) is 0 Å². The van der Waals surface area contributed by atoms with Crippen LogP contribution in [0.25, 0.3) is 0 Å². The van der Waals surface area contributed by atoms with Gasteiger partial charge >= 0.3 is 0 Å². The minimum Gasteiger partial charge on any atom is -0.353 e. The quantitative estimate of drug-likeness (QED) is 0.866. The summed E-state index contributed by atoms with van der Waals surface area (Å²) >= 11 is 3.29. The maximum absolute atomic E-state index is 11.4. The molecule has 0 aromatic carbocycles. The molecule has 2 heterocycles. The van der Waals surface area contributed by atoms with E-state index in [1.807, 2.05) is 27.7 Å². The summed E-state index contributed by atoms with van der Waals surface area (Å²) < 4.78 is 1.19. The van der Waals surface area contributed by atoms with Crippen molar-refractivity contribution in [3.8, 4) is 0 Å². The van der Waals surface area contributed by atoms with Crippen LogP contribution in [-0.4, -0.2) is 42.2 Å². The van der Waals surface area contributed by atoms with Gasteiger partial charge in [-0.15, -0.1) is 23.1 Å². The lowest BCUT2D eigenvalue weighted by atomic mass is 10.4. The maximum Gasteiger partial charge on any atom is 0.280 e. The zero-order valence-electron chi connectivity index (χ0n) is 12.7. The van der Waals surface area contributed by atoms with Crippen molar-refractivity contribution in [3.05, 3.63) is 10.7 Å². The molecule has 110 valence electrons. The van der Waals surface area contributed by atoms with Crippen LogP contribution < -0.4 is 5.32 Å². The van der Waals surface area contributed by atoms with Gasteiger partial charge in [0.15, 0.2) is 5.01 Å². The van der Waals surface area contributed by atoms with Crippen LogP contribution in [0.2, 0.25) is 0 Å². The number of amides is 1. The van der Waals surface area contributed by atoms with Crippen LogP contribution in [0.15, 0.2) is 4.21 Å². The van der Waals surface area contributed by atoms with Gasteiger partial charge in [-0.05, 0) is 7.05 Å². The molecule has 0 saturated carbocycles. The standard InChI is InChI=1S/C9H13N3OS2.2C2H6/c1-10-7(13)8-11-6-5-12(2)3-4-14-9(6)15-8;2*1-2/h3-5H2,1-2H3,(H,10,13);2*1-2H3. The molecule has 0 saturated heterocycles. The lowest BCUT2D eigenvalue weighted by Gasteiger charge is -2.10. The first-order chi connectivity index (χ1) is 9.20. The molecule has 0 aliphatic carbocycles. The number of nitrogens with one attached hydrogen (secondary N) is 1. The van der Waals surface area contributed by atoms with E-state index in [2.05, 4.69) is 22.2 Å². The molecule has 1 aromatic heterocycles. The van der Waals surface area contributed by atoms with Gasteiger partial charge in [0.25, 0.3) is 5.91 Å². The Morgan fingerprint density at radius 1 is 1.32 bits per heavy atom. The van der Waals surface area contributed by atoms with Crippen LogP contribution >= 0.6 is 23.1 Å². The van der Waals surface area contributed by atoms with Gasteiger partial charge in [-0.2, -0.15) is 0 Å². The third kappa shape index (κ3) is 5.50. The van der Waals surface area contributed by atoms with Gasteiger partial charge < -0.3 is 5.32 Å². The summed E-state index contributed by atoms with van der Waals surface area (Å²) in [5, 5.41) is 3.18. The summed E-state index contributed by atoms with van der Waals surface area (Å²) in [6, 6.07) is 0. The van der Waals surface area contributed by atoms with Gasteiger partial charge in [0.05, 0.1) is 9.90 Å². The van der Waals surface area contributed by atoms with Gasteiger partial charge in [0, 0.05) is 25.9 Å². The number of thiazole rings is 1. The van der Waals surface area contributed by atoms with Gasteiger partial charge in [0.2, 0.25) is 0 Å². The number of aromatic nitrogens is 1. The van der Waals surface area contributed by atoms with Crippen LogP contribution in [-0.2, 0) is 6.54 Å². The second kappa shape index (κ2) is 10.2. The molecule has 0 spiro atoms. The summed E-state index contributed by atoms with van der Waals surface area (Å²) in [6.07, 6.45) is 0. The van der Waals surface area contributed by atoms with Crippen molar-refractivity contribution in [3.63, 3.8) is 0 Å². The third-order valence-corrected chi connectivity index (χ3v) is 4.59. The van der Waals surface area contributed by atoms with Crippen LogP contribution in [0, 0.1) is 0 Å². The van der Waals surface area contributed by atoms with E-state index in [1.54, 1.807) is 18.8 Å². The minimum absolute atomic E-state index is 0.0867. The number of carbonyl (C=O) groups is 1. The number of nitrogens with zero attached hydrogens (tertiary/aromatic N) is 2. The first-order valence-corrected chi connectivity index (χ1v) is 8.54. The Kier molecular flexibility index (Phi) is 9.91. The fraction of sp³-hybridized carbons (Fsp3) is 0.692. The maximum atomic E-state index is 11.4. The highest BCUT2D eigenvalue weighted by Gasteiger charge is 2.19. The number of fused-ring (bicyclic) bond motifs is 1. The average molecular weight is 303 g/mol. The van der Waals surface area contributed by atoms with Gasteiger partial charge in [0.1, 0.15) is 0 Å². The molecular formula is C13H25N3OS2. The van der Waals surface area contributed by atoms with Crippen LogP contribution in [0.1, 0.15) is 43.2 Å². The molecule has 1 aliphatic rings. The van der Waals surface area contributed by atoms with E-state index in [-0.39, 0.29) is 5.91 Å². The van der Waals surface area contributed by atoms with E-state index in [1.165, 1.54) is 15.5 Å². The van der Waals surface area contributed by atoms with Crippen LogP contribution in [0.4, 0.5) is 0 Å². The van der Waals surface area contributed by atoms with Gasteiger partial charge in [-0.25, -0.2) is 4.98 Å². The number of hydrogen-bond donors (Lipinski definition) is 1. The van der Waals surface area contributed by atoms with E-state index >= 15 is 0 Å². The van der Waals surface area contributed by atoms with E-state index in [9.17, 15) is 4.79 Å². The molecular weight excluding hydrogens is 278 g/mol. The topological polar surface area (TPSA) is 45.2 Å². The largest absolute Gasteiger partial charge is 0.353 e. The SMILES string of the molecule is CC.CC.CNC(=O)c1nc2c(s1)SCCN(C)C2. The van der Waals surface area contributed by atoms with Gasteiger partial charge in [-0.3, -0.25) is 9.69 Å². The fourth-order valence-corrected chi connectivity index (χ4v) is 3.73. The van der Waals surface area contributed by atoms with Crippen molar-refractivity contribution >= 4 is 29.0 Å². The van der Waals surface area contributed by atoms with Crippen molar-refractivity contribution < 1.29 is 4.79 Å². The zero-order chi connectivity index (χ0) is 14.8. The minimum atomic E-state index is -0.0867. The monoisotopic (exact) mass is 303 g/mol. The van der Waals surface area contributed by atoms with E-state index in [0.717, 1.165) is 24.5 Å². The Labute approximate surface area is 125 Å². The second-order valence-electron chi connectivity index (χ2n) is 3.42. The molecule has 4 nitrogen and oxygen atoms in total. The highest BCUT2D eigenvalue weighted by atomic mass is 32.2. The van der Waals surface area contributed by atoms with Crippen LogP contribution in [0.5, 0.6) is 0 Å². The van der Waals surface area contributed by atoms with E-state index in [4.69, 9.17) is 0 Å². The van der Waals surface area contributed by atoms with Crippen molar-refractivity contribution in [1.29, 1.82) is 0 Å². The van der Waals surface area contributed by atoms with Crippen molar-refractivity contribution in [1.82, 2.24) is 15.2 Å². The van der Waals surface area contributed by atoms with E-state index in [0.29, 0.717) is 5.01 Å². The Morgan fingerprint density at radius 3 is 2.53 bits per heavy atom. The zero-order valence-corrected chi connectivity index (χ0v) is 14.4. The first kappa shape index (κ1) is 18.4. The smallest absolute Gasteiger partial charge is 0.280 e. The predicted octanol–water partition coefficient (Wildman–Crippen LogP) is 3.09. The molecule has 0 radical (unpaired) electrons. The predicted molar refractivity (Wildman–Crippen MR) is 85.3 cm³/mol. The molecule has 0 atom stereocenters. The number of rotatable bonds is 1. The lowest BCUT2D eigenvalue weighted by Crippen LogP contribution is -2.20. The summed E-state index contributed by atoms with van der Waals surface area (Å²) in [4.78, 5) is 18.0. The molecule has 1 N–H and O–H groups in total. The molecule has 6 heteroatoms. The molecule has 1 aromatic rings. The molecule has 19 heavy (non-hydrogen) atoms. The first-order valence-electron chi connectivity index (χ1n) is 6.74. The van der Waals surface area contributed by atoms with Gasteiger partial charge in [-0.1, -0.05) is 27.7 Å². The number of thioether (sulfide) groups is 1. The Bertz CT molecular complexity index is 380. The number of hydrogen-bond acceptors (Lipinski definition) is 5. The summed E-state index contributed by atoms with van der Waals surface area (Å²) in [5.74, 6) is 0.982. The molecule has 0 bridgehead atoms. The molecule has 0 unspecified atom stereocenters. The average Bonchev–Trinajstić information content (AvgIpc) is 2.77. The van der Waals surface area contributed by atoms with Crippen molar-refractivity contribution in [2.75, 3.05) is 26.4 Å². The summed E-state index contributed by atoms with van der Waals surface area (Å²) in [6.45, 7) is 9.92. The van der Waals surface area contributed by atoms with E-state index < -0.39 is 0 Å². The fourth-order valence-electron chi connectivity index (χ4n) is 1.38. The number of carbonyl (C=O) groups excluding carboxylic acids is 1. The normalized spacial score (nSPS) is 14.0. The highest BCUT2D eigenvalue weighted by molar-refractivity contribution is 8.01. The molecule has 1 amide bonds. The highest BCUT2D eigenvalue weighted by Crippen LogP contribution is 2.32. The Hall–Kier alpha value is -0.590. The van der Waals surface area contributed by atoms with Crippen molar-refractivity contribution in [2.45, 2.75) is 38.4 Å². The summed E-state index contributed by atoms with van der Waals surface area (Å²) in [7, 11) is 3.71. The Morgan fingerprint density at radius 2 is 1.95 bits per heavy atom.